The fraction of sp³-hybridized carbons (Fsp3) is 0.250. The summed E-state index contributed by atoms with van der Waals surface area (Å²) in [6.45, 7) is 0.0891. The van der Waals surface area contributed by atoms with E-state index in [1.807, 2.05) is 0 Å². The van der Waals surface area contributed by atoms with Crippen molar-refractivity contribution in [1.82, 2.24) is 0 Å². The van der Waals surface area contributed by atoms with Gasteiger partial charge in [0.05, 0.1) is 6.61 Å². The zero-order valence-corrected chi connectivity index (χ0v) is 6.40. The molecule has 0 radical (unpaired) electrons. The molecule has 0 bridgehead atoms. The molecule has 4 nitrogen and oxygen atoms in total. The molecule has 0 heterocycles. The molecular formula is C8H10O4. The van der Waals surface area contributed by atoms with E-state index in [2.05, 4.69) is 0 Å². The van der Waals surface area contributed by atoms with Gasteiger partial charge in [0.15, 0.2) is 11.5 Å². The molecule has 1 aromatic rings. The Morgan fingerprint density at radius 1 is 1.17 bits per heavy atom. The second kappa shape index (κ2) is 3.82. The van der Waals surface area contributed by atoms with Crippen molar-refractivity contribution < 1.29 is 20.1 Å². The third-order valence-electron chi connectivity index (χ3n) is 1.31. The van der Waals surface area contributed by atoms with E-state index in [4.69, 9.17) is 20.1 Å². The number of benzene rings is 1. The maximum atomic E-state index is 9.01. The first-order valence-electron chi connectivity index (χ1n) is 3.49. The monoisotopic (exact) mass is 170 g/mol. The van der Waals surface area contributed by atoms with Crippen LogP contribution in [0.4, 0.5) is 0 Å². The van der Waals surface area contributed by atoms with E-state index in [0.717, 1.165) is 0 Å². The van der Waals surface area contributed by atoms with Gasteiger partial charge in [0.1, 0.15) is 12.4 Å². The second-order valence-corrected chi connectivity index (χ2v) is 2.22. The number of aliphatic hydroxyl groups excluding tert-OH is 1. The van der Waals surface area contributed by atoms with Crippen LogP contribution in [0.3, 0.4) is 0 Å². The van der Waals surface area contributed by atoms with Gasteiger partial charge in [0, 0.05) is 6.07 Å². The third kappa shape index (κ3) is 2.03. The first-order chi connectivity index (χ1) is 5.74. The minimum Gasteiger partial charge on any atom is -0.504 e. The normalized spacial score (nSPS) is 9.75. The molecule has 66 valence electrons. The van der Waals surface area contributed by atoms with Gasteiger partial charge in [0.2, 0.25) is 0 Å². The van der Waals surface area contributed by atoms with Gasteiger partial charge in [-0.25, -0.2) is 0 Å². The van der Waals surface area contributed by atoms with Crippen LogP contribution < -0.4 is 4.74 Å². The van der Waals surface area contributed by atoms with Gasteiger partial charge in [-0.2, -0.15) is 0 Å². The summed E-state index contributed by atoms with van der Waals surface area (Å²) >= 11 is 0. The molecule has 1 aromatic carbocycles. The Labute approximate surface area is 69.7 Å². The van der Waals surface area contributed by atoms with Crippen LogP contribution in [0.15, 0.2) is 18.2 Å². The maximum absolute atomic E-state index is 9.01. The summed E-state index contributed by atoms with van der Waals surface area (Å²) < 4.78 is 4.97. The highest BCUT2D eigenvalue weighted by molar-refractivity contribution is 5.43. The van der Waals surface area contributed by atoms with Gasteiger partial charge in [-0.05, 0) is 12.1 Å². The first kappa shape index (κ1) is 8.67. The number of aliphatic hydroxyl groups is 1. The molecule has 1 rings (SSSR count). The van der Waals surface area contributed by atoms with Crippen LogP contribution in [-0.2, 0) is 0 Å². The van der Waals surface area contributed by atoms with Crippen LogP contribution in [0.2, 0.25) is 0 Å². The molecule has 12 heavy (non-hydrogen) atoms. The third-order valence-corrected chi connectivity index (χ3v) is 1.31. The van der Waals surface area contributed by atoms with E-state index < -0.39 is 0 Å². The van der Waals surface area contributed by atoms with Gasteiger partial charge in [-0.3, -0.25) is 0 Å². The van der Waals surface area contributed by atoms with Crippen LogP contribution in [0.5, 0.6) is 17.2 Å². The van der Waals surface area contributed by atoms with Crippen molar-refractivity contribution in [2.24, 2.45) is 0 Å². The van der Waals surface area contributed by atoms with Crippen LogP contribution in [0.1, 0.15) is 0 Å². The van der Waals surface area contributed by atoms with Crippen molar-refractivity contribution in [3.63, 3.8) is 0 Å². The molecule has 3 N–H and O–H groups in total. The summed E-state index contributed by atoms with van der Waals surface area (Å²) in [5.74, 6) is -0.00358. The zero-order valence-electron chi connectivity index (χ0n) is 6.40. The summed E-state index contributed by atoms with van der Waals surface area (Å²) in [7, 11) is 0. The standard InChI is InChI=1S/C8H10O4/c9-3-4-12-6-1-2-7(10)8(11)5-6/h1-2,5,9-11H,3-4H2. The Kier molecular flexibility index (Phi) is 2.76. The van der Waals surface area contributed by atoms with Crippen molar-refractivity contribution in [2.45, 2.75) is 0 Å². The highest BCUT2D eigenvalue weighted by Gasteiger charge is 2.00. The molecule has 0 aliphatic carbocycles. The Bertz CT molecular complexity index is 259. The fourth-order valence-corrected chi connectivity index (χ4v) is 0.757. The van der Waals surface area contributed by atoms with Gasteiger partial charge in [-0.15, -0.1) is 0 Å². The van der Waals surface area contributed by atoms with Crippen molar-refractivity contribution in [1.29, 1.82) is 0 Å². The van der Waals surface area contributed by atoms with E-state index in [-0.39, 0.29) is 24.7 Å². The van der Waals surface area contributed by atoms with Crippen LogP contribution in [-0.4, -0.2) is 28.5 Å². The molecule has 0 aliphatic rings. The lowest BCUT2D eigenvalue weighted by molar-refractivity contribution is 0.201. The molecule has 0 aliphatic heterocycles. The topological polar surface area (TPSA) is 69.9 Å². The van der Waals surface area contributed by atoms with E-state index in [9.17, 15) is 0 Å². The minimum atomic E-state index is -0.231. The average Bonchev–Trinajstić information content (AvgIpc) is 2.07. The van der Waals surface area contributed by atoms with E-state index in [0.29, 0.717) is 5.75 Å². The number of aromatic hydroxyl groups is 2. The van der Waals surface area contributed by atoms with Gasteiger partial charge in [-0.1, -0.05) is 0 Å². The molecule has 4 heteroatoms. The second-order valence-electron chi connectivity index (χ2n) is 2.22. The smallest absolute Gasteiger partial charge is 0.161 e. The maximum Gasteiger partial charge on any atom is 0.161 e. The summed E-state index contributed by atoms with van der Waals surface area (Å²) in [5.41, 5.74) is 0. The number of ether oxygens (including phenoxy) is 1. The molecule has 0 unspecified atom stereocenters. The molecule has 0 aromatic heterocycles. The minimum absolute atomic E-state index is 0.0817. The first-order valence-corrected chi connectivity index (χ1v) is 3.49. The van der Waals surface area contributed by atoms with Crippen LogP contribution in [0.25, 0.3) is 0 Å². The number of hydrogen-bond donors (Lipinski definition) is 3. The number of rotatable bonds is 3. The zero-order chi connectivity index (χ0) is 8.97. The van der Waals surface area contributed by atoms with Gasteiger partial charge >= 0.3 is 0 Å². The lowest BCUT2D eigenvalue weighted by atomic mass is 10.3. The summed E-state index contributed by atoms with van der Waals surface area (Å²) in [5, 5.41) is 26.3. The highest BCUT2D eigenvalue weighted by Crippen LogP contribution is 2.28. The molecular weight excluding hydrogens is 160 g/mol. The van der Waals surface area contributed by atoms with E-state index >= 15 is 0 Å². The number of hydrogen-bond acceptors (Lipinski definition) is 4. The molecule has 0 amide bonds. The average molecular weight is 170 g/mol. The lowest BCUT2D eigenvalue weighted by Gasteiger charge is -2.04. The van der Waals surface area contributed by atoms with Crippen LogP contribution in [0, 0.1) is 0 Å². The quantitative estimate of drug-likeness (QED) is 0.577. The fourth-order valence-electron chi connectivity index (χ4n) is 0.757. The highest BCUT2D eigenvalue weighted by atomic mass is 16.5. The van der Waals surface area contributed by atoms with Crippen molar-refractivity contribution in [3.05, 3.63) is 18.2 Å². The number of phenolic OH excluding ortho intramolecular Hbond substituents is 2. The predicted octanol–water partition coefficient (Wildman–Crippen LogP) is 0.469. The van der Waals surface area contributed by atoms with Gasteiger partial charge in [0.25, 0.3) is 0 Å². The molecule has 0 atom stereocenters. The SMILES string of the molecule is OCCOc1ccc(O)c(O)c1. The molecule has 0 spiro atoms. The Morgan fingerprint density at radius 3 is 2.50 bits per heavy atom. The molecule has 0 fully saturated rings. The van der Waals surface area contributed by atoms with E-state index in [1.54, 1.807) is 0 Å². The molecule has 0 saturated carbocycles. The summed E-state index contributed by atoms with van der Waals surface area (Å²) in [6, 6.07) is 4.11. The van der Waals surface area contributed by atoms with Crippen molar-refractivity contribution >= 4 is 0 Å². The van der Waals surface area contributed by atoms with Crippen LogP contribution >= 0.6 is 0 Å². The largest absolute Gasteiger partial charge is 0.504 e. The Balaban J connectivity index is 2.69. The Hall–Kier alpha value is -1.42. The lowest BCUT2D eigenvalue weighted by Crippen LogP contribution is -2.01. The van der Waals surface area contributed by atoms with E-state index in [1.165, 1.54) is 18.2 Å². The predicted molar refractivity (Wildman–Crippen MR) is 42.4 cm³/mol. The Morgan fingerprint density at radius 2 is 1.92 bits per heavy atom. The van der Waals surface area contributed by atoms with Crippen molar-refractivity contribution in [2.75, 3.05) is 13.2 Å². The van der Waals surface area contributed by atoms with Crippen molar-refractivity contribution in [3.8, 4) is 17.2 Å². The number of phenols is 2. The summed E-state index contributed by atoms with van der Waals surface area (Å²) in [4.78, 5) is 0. The molecule has 0 saturated heterocycles. The van der Waals surface area contributed by atoms with Gasteiger partial charge < -0.3 is 20.1 Å². The summed E-state index contributed by atoms with van der Waals surface area (Å²) in [6.07, 6.45) is 0.